The lowest BCUT2D eigenvalue weighted by Crippen LogP contribution is -2.39. The van der Waals surface area contributed by atoms with Crippen LogP contribution in [0.4, 0.5) is 5.69 Å². The highest BCUT2D eigenvalue weighted by Gasteiger charge is 2.30. The van der Waals surface area contributed by atoms with E-state index in [2.05, 4.69) is 10.6 Å². The molecule has 1 heterocycles. The van der Waals surface area contributed by atoms with E-state index >= 15 is 0 Å². The molecule has 2 aromatic rings. The fourth-order valence-corrected chi connectivity index (χ4v) is 5.63. The molecule has 1 aliphatic heterocycles. The quantitative estimate of drug-likeness (QED) is 0.597. The number of nitrogens with one attached hydrogen (secondary N) is 2. The molecular formula is C22H28ClN3O3S. The third-order valence-electron chi connectivity index (χ3n) is 5.17. The third-order valence-corrected chi connectivity index (χ3v) is 7.52. The number of sulfonamides is 1. The van der Waals surface area contributed by atoms with Crippen LogP contribution < -0.4 is 10.6 Å². The molecule has 1 saturated heterocycles. The number of benzene rings is 2. The lowest BCUT2D eigenvalue weighted by atomic mass is 10.0. The number of carbonyl (C=O) groups is 1. The molecule has 1 fully saturated rings. The molecule has 162 valence electrons. The largest absolute Gasteiger partial charge is 0.385 e. The summed E-state index contributed by atoms with van der Waals surface area (Å²) in [6.45, 7) is 4.20. The van der Waals surface area contributed by atoms with Crippen molar-refractivity contribution in [2.24, 2.45) is 5.92 Å². The van der Waals surface area contributed by atoms with Crippen LogP contribution in [-0.2, 0) is 10.0 Å². The minimum absolute atomic E-state index is 0.00309. The molecule has 0 spiro atoms. The van der Waals surface area contributed by atoms with Crippen LogP contribution >= 0.6 is 11.6 Å². The van der Waals surface area contributed by atoms with Crippen LogP contribution in [0.5, 0.6) is 0 Å². The maximum Gasteiger partial charge on any atom is 0.251 e. The Morgan fingerprint density at radius 2 is 1.93 bits per heavy atom. The molecule has 1 atom stereocenters. The minimum Gasteiger partial charge on any atom is -0.385 e. The number of halogens is 1. The Morgan fingerprint density at radius 3 is 2.67 bits per heavy atom. The summed E-state index contributed by atoms with van der Waals surface area (Å²) >= 11 is 6.20. The van der Waals surface area contributed by atoms with Crippen molar-refractivity contribution < 1.29 is 13.2 Å². The van der Waals surface area contributed by atoms with Gasteiger partial charge in [0.25, 0.3) is 5.91 Å². The highest BCUT2D eigenvalue weighted by atomic mass is 35.5. The van der Waals surface area contributed by atoms with Gasteiger partial charge in [-0.15, -0.1) is 0 Å². The van der Waals surface area contributed by atoms with Gasteiger partial charge < -0.3 is 10.6 Å². The fraction of sp³-hybridized carbons (Fsp3) is 0.409. The summed E-state index contributed by atoms with van der Waals surface area (Å²) in [4.78, 5) is 12.5. The first kappa shape index (κ1) is 22.6. The van der Waals surface area contributed by atoms with Gasteiger partial charge in [0, 0.05) is 37.4 Å². The molecule has 2 N–H and O–H groups in total. The van der Waals surface area contributed by atoms with Gasteiger partial charge in [-0.25, -0.2) is 8.42 Å². The monoisotopic (exact) mass is 449 g/mol. The summed E-state index contributed by atoms with van der Waals surface area (Å²) in [5, 5.41) is 6.26. The van der Waals surface area contributed by atoms with E-state index in [0.29, 0.717) is 31.1 Å². The fourth-order valence-electron chi connectivity index (χ4n) is 3.53. The molecule has 8 heteroatoms. The molecule has 1 amide bonds. The zero-order valence-corrected chi connectivity index (χ0v) is 18.7. The van der Waals surface area contributed by atoms with Gasteiger partial charge in [0.1, 0.15) is 4.90 Å². The van der Waals surface area contributed by atoms with Crippen molar-refractivity contribution >= 4 is 33.2 Å². The van der Waals surface area contributed by atoms with E-state index in [1.165, 1.54) is 16.4 Å². The van der Waals surface area contributed by atoms with Gasteiger partial charge in [-0.3, -0.25) is 4.79 Å². The van der Waals surface area contributed by atoms with E-state index in [9.17, 15) is 13.2 Å². The number of carbonyl (C=O) groups excluding carboxylic acids is 1. The number of hydrogen-bond donors (Lipinski definition) is 2. The van der Waals surface area contributed by atoms with Crippen LogP contribution in [0.3, 0.4) is 0 Å². The minimum atomic E-state index is -3.73. The second-order valence-corrected chi connectivity index (χ2v) is 9.97. The first-order valence-electron chi connectivity index (χ1n) is 10.2. The predicted molar refractivity (Wildman–Crippen MR) is 120 cm³/mol. The van der Waals surface area contributed by atoms with Crippen LogP contribution in [0.15, 0.2) is 53.4 Å². The molecule has 0 aliphatic carbocycles. The summed E-state index contributed by atoms with van der Waals surface area (Å²) < 4.78 is 27.6. The zero-order chi connectivity index (χ0) is 21.6. The number of hydrogen-bond acceptors (Lipinski definition) is 4. The number of rotatable bonds is 8. The van der Waals surface area contributed by atoms with Crippen molar-refractivity contribution in [2.75, 3.05) is 31.5 Å². The van der Waals surface area contributed by atoms with Gasteiger partial charge in [0.15, 0.2) is 0 Å². The first-order chi connectivity index (χ1) is 14.4. The van der Waals surface area contributed by atoms with Crippen molar-refractivity contribution in [3.63, 3.8) is 0 Å². The molecule has 1 unspecified atom stereocenters. The van der Waals surface area contributed by atoms with Crippen LogP contribution in [-0.4, -0.2) is 44.8 Å². The average molecular weight is 450 g/mol. The van der Waals surface area contributed by atoms with E-state index in [1.54, 1.807) is 6.07 Å². The SMILES string of the molecule is CC1CCCN(S(=O)(=O)c2cc(C(=O)NCCCNc3ccccc3)ccc2Cl)C1. The normalized spacial score (nSPS) is 17.5. The number of piperidine rings is 1. The Kier molecular flexibility index (Phi) is 7.75. The van der Waals surface area contributed by atoms with Crippen LogP contribution in [0, 0.1) is 5.92 Å². The van der Waals surface area contributed by atoms with Crippen LogP contribution in [0.2, 0.25) is 5.02 Å². The molecular weight excluding hydrogens is 422 g/mol. The van der Waals surface area contributed by atoms with Gasteiger partial charge in [0.2, 0.25) is 10.0 Å². The van der Waals surface area contributed by atoms with Gasteiger partial charge in [0.05, 0.1) is 5.02 Å². The van der Waals surface area contributed by atoms with Crippen molar-refractivity contribution in [3.8, 4) is 0 Å². The number of anilines is 1. The molecule has 0 bridgehead atoms. The van der Waals surface area contributed by atoms with Gasteiger partial charge in [-0.1, -0.05) is 36.7 Å². The first-order valence-corrected chi connectivity index (χ1v) is 12.1. The smallest absolute Gasteiger partial charge is 0.251 e. The van der Waals surface area contributed by atoms with Crippen molar-refractivity contribution in [1.29, 1.82) is 0 Å². The van der Waals surface area contributed by atoms with E-state index in [1.807, 2.05) is 37.3 Å². The molecule has 30 heavy (non-hydrogen) atoms. The molecule has 0 saturated carbocycles. The Balaban J connectivity index is 1.59. The second kappa shape index (κ2) is 10.3. The predicted octanol–water partition coefficient (Wildman–Crippen LogP) is 3.99. The summed E-state index contributed by atoms with van der Waals surface area (Å²) in [6.07, 6.45) is 2.58. The van der Waals surface area contributed by atoms with Gasteiger partial charge in [-0.05, 0) is 55.5 Å². The maximum absolute atomic E-state index is 13.1. The van der Waals surface area contributed by atoms with Crippen molar-refractivity contribution in [1.82, 2.24) is 9.62 Å². The molecule has 6 nitrogen and oxygen atoms in total. The van der Waals surface area contributed by atoms with Crippen LogP contribution in [0.25, 0.3) is 0 Å². The molecule has 0 radical (unpaired) electrons. The summed E-state index contributed by atoms with van der Waals surface area (Å²) in [6, 6.07) is 14.3. The van der Waals surface area contributed by atoms with E-state index in [-0.39, 0.29) is 15.8 Å². The third kappa shape index (κ3) is 5.74. The average Bonchev–Trinajstić information content (AvgIpc) is 2.74. The van der Waals surface area contributed by atoms with Crippen molar-refractivity contribution in [2.45, 2.75) is 31.1 Å². The summed E-state index contributed by atoms with van der Waals surface area (Å²) in [5.74, 6) is -0.00174. The maximum atomic E-state index is 13.1. The summed E-state index contributed by atoms with van der Waals surface area (Å²) in [7, 11) is -3.73. The topological polar surface area (TPSA) is 78.5 Å². The number of nitrogens with zero attached hydrogens (tertiary/aromatic N) is 1. The lowest BCUT2D eigenvalue weighted by Gasteiger charge is -2.30. The molecule has 1 aliphatic rings. The second-order valence-electron chi connectivity index (χ2n) is 7.66. The molecule has 0 aromatic heterocycles. The Bertz CT molecular complexity index is 967. The Morgan fingerprint density at radius 1 is 1.17 bits per heavy atom. The number of amides is 1. The van der Waals surface area contributed by atoms with Gasteiger partial charge in [-0.2, -0.15) is 4.31 Å². The standard InChI is InChI=1S/C22H28ClN3O3S/c1-17-7-5-14-26(16-17)30(28,29)21-15-18(10-11-20(21)23)22(27)25-13-6-12-24-19-8-3-2-4-9-19/h2-4,8-11,15,17,24H,5-7,12-14,16H2,1H3,(H,25,27). The van der Waals surface area contributed by atoms with E-state index < -0.39 is 10.0 Å². The van der Waals surface area contributed by atoms with Gasteiger partial charge >= 0.3 is 0 Å². The highest BCUT2D eigenvalue weighted by Crippen LogP contribution is 2.29. The molecule has 2 aromatic carbocycles. The Labute approximate surface area is 183 Å². The van der Waals surface area contributed by atoms with Crippen LogP contribution in [0.1, 0.15) is 36.5 Å². The molecule has 3 rings (SSSR count). The van der Waals surface area contributed by atoms with E-state index in [4.69, 9.17) is 11.6 Å². The van der Waals surface area contributed by atoms with E-state index in [0.717, 1.165) is 31.5 Å². The number of para-hydroxylation sites is 1. The summed E-state index contributed by atoms with van der Waals surface area (Å²) in [5.41, 5.74) is 1.32. The highest BCUT2D eigenvalue weighted by molar-refractivity contribution is 7.89. The lowest BCUT2D eigenvalue weighted by molar-refractivity contribution is 0.0953. The zero-order valence-electron chi connectivity index (χ0n) is 17.1. The van der Waals surface area contributed by atoms with Crippen molar-refractivity contribution in [3.05, 3.63) is 59.1 Å². The Hall–Kier alpha value is -2.09.